The fraction of sp³-hybridized carbons (Fsp3) is 0.982. The first-order valence-corrected chi connectivity index (χ1v) is 31.5. The molecule has 11 N–H and O–H groups in total. The smallest absolute Gasteiger partial charge is 0.268 e. The fourth-order valence-electron chi connectivity index (χ4n) is 10.4. The highest BCUT2D eigenvalue weighted by atomic mass is 31.2. The topological polar surface area (TPSA) is 308 Å². The predicted octanol–water partition coefficient (Wildman–Crippen LogP) is 7.18. The molecule has 1 heterocycles. The summed E-state index contributed by atoms with van der Waals surface area (Å²) in [6.07, 6.45) is 16.6. The van der Waals surface area contributed by atoms with Crippen molar-refractivity contribution in [2.45, 2.75) is 337 Å². The lowest BCUT2D eigenvalue weighted by Gasteiger charge is -2.47. The van der Waals surface area contributed by atoms with E-state index in [-0.39, 0.29) is 12.8 Å². The van der Waals surface area contributed by atoms with Crippen molar-refractivity contribution in [2.24, 2.45) is 0 Å². The van der Waals surface area contributed by atoms with Gasteiger partial charge in [0.2, 0.25) is 5.91 Å². The maximum absolute atomic E-state index is 13.4. The molecule has 1 saturated heterocycles. The quantitative estimate of drug-likeness (QED) is 0.0212. The third-order valence-electron chi connectivity index (χ3n) is 15.4. The first-order chi connectivity index (χ1) is 36.1. The molecule has 0 radical (unpaired) electrons. The molecule has 3 unspecified atom stereocenters. The van der Waals surface area contributed by atoms with Gasteiger partial charge in [-0.25, -0.2) is 0 Å². The Morgan fingerprint density at radius 3 is 1.28 bits per heavy atom. The molecule has 0 aromatic rings. The number of aliphatic hydroxyl groups is 10. The summed E-state index contributed by atoms with van der Waals surface area (Å²) in [5.41, 5.74) is 0. The van der Waals surface area contributed by atoms with E-state index < -0.39 is 113 Å². The summed E-state index contributed by atoms with van der Waals surface area (Å²) in [6, 6.07) is -1.45. The molecule has 2 aliphatic rings. The van der Waals surface area contributed by atoms with E-state index in [1.165, 1.54) is 161 Å². The minimum atomic E-state index is -5.67. The first kappa shape index (κ1) is 70.2. The molecule has 75 heavy (non-hydrogen) atoms. The highest BCUT2D eigenvalue weighted by Crippen LogP contribution is 2.44. The Bertz CT molecular complexity index is 1420. The molecule has 1 aliphatic carbocycles. The highest BCUT2D eigenvalue weighted by Gasteiger charge is 2.54. The summed E-state index contributed by atoms with van der Waals surface area (Å²) in [5, 5.41) is 108. The van der Waals surface area contributed by atoms with Gasteiger partial charge in [-0.05, 0) is 12.8 Å². The van der Waals surface area contributed by atoms with Crippen molar-refractivity contribution in [3.8, 4) is 0 Å². The van der Waals surface area contributed by atoms with Crippen LogP contribution in [0.15, 0.2) is 0 Å². The number of carbonyl (C=O) groups is 1. The SMILES string of the molecule is CCCCCCCCCCCCCCCCCCCCCCCCCC(=O)N[C@@H](COP(=O)([O-])O[C@@H]1[C@H](O)[C@H](O)[C@@H](O)[C@H](O)[C@H]1OC1O[C@H](CO)[C@@H](O)[C@H](O)[C@@H]1O)[C@H](O)C(O)CCCCCCCCCCCCCC. The van der Waals surface area contributed by atoms with Gasteiger partial charge >= 0.3 is 0 Å². The monoisotopic (exact) mass is 1100 g/mol. The molecule has 446 valence electrons. The Morgan fingerprint density at radius 1 is 0.520 bits per heavy atom. The normalized spacial score (nSPS) is 27.2. The molecule has 18 nitrogen and oxygen atoms in total. The number of hydrogen-bond acceptors (Lipinski definition) is 17. The van der Waals surface area contributed by atoms with Crippen molar-refractivity contribution < 1.29 is 83.8 Å². The Labute approximate surface area is 451 Å². The third kappa shape index (κ3) is 29.9. The van der Waals surface area contributed by atoms with Gasteiger partial charge in [0.15, 0.2) is 6.29 Å². The van der Waals surface area contributed by atoms with E-state index >= 15 is 0 Å². The average molecular weight is 1100 g/mol. The van der Waals surface area contributed by atoms with E-state index in [0.29, 0.717) is 12.8 Å². The van der Waals surface area contributed by atoms with Gasteiger partial charge in [-0.2, -0.15) is 0 Å². The maximum atomic E-state index is 13.4. The van der Waals surface area contributed by atoms with Crippen molar-refractivity contribution in [2.75, 3.05) is 13.2 Å². The molecular formula is C56H109NO17P-. The number of ether oxygens (including phenoxy) is 2. The van der Waals surface area contributed by atoms with Crippen LogP contribution in [-0.2, 0) is 27.9 Å². The second-order valence-electron chi connectivity index (χ2n) is 22.0. The van der Waals surface area contributed by atoms with E-state index in [4.69, 9.17) is 18.5 Å². The number of aliphatic hydroxyl groups excluding tert-OH is 10. The molecular weight excluding hydrogens is 990 g/mol. The van der Waals surface area contributed by atoms with Crippen LogP contribution in [0.2, 0.25) is 0 Å². The van der Waals surface area contributed by atoms with Crippen LogP contribution in [0.3, 0.4) is 0 Å². The minimum Gasteiger partial charge on any atom is -0.756 e. The molecule has 15 atom stereocenters. The lowest BCUT2D eigenvalue weighted by atomic mass is 9.84. The van der Waals surface area contributed by atoms with Crippen molar-refractivity contribution in [1.82, 2.24) is 5.32 Å². The fourth-order valence-corrected chi connectivity index (χ4v) is 11.3. The van der Waals surface area contributed by atoms with Crippen molar-refractivity contribution >= 4 is 13.7 Å². The summed E-state index contributed by atoms with van der Waals surface area (Å²) in [7, 11) is -5.67. The van der Waals surface area contributed by atoms with Crippen LogP contribution in [0.4, 0.5) is 0 Å². The molecule has 2 rings (SSSR count). The molecule has 19 heteroatoms. The highest BCUT2D eigenvalue weighted by molar-refractivity contribution is 7.45. The van der Waals surface area contributed by atoms with Gasteiger partial charge in [-0.15, -0.1) is 0 Å². The molecule has 0 bridgehead atoms. The van der Waals surface area contributed by atoms with Crippen LogP contribution in [-0.4, -0.2) is 156 Å². The van der Waals surface area contributed by atoms with E-state index in [9.17, 15) is 65.3 Å². The van der Waals surface area contributed by atoms with Gasteiger partial charge in [0.1, 0.15) is 67.1 Å². The van der Waals surface area contributed by atoms with E-state index in [2.05, 4.69) is 19.2 Å². The van der Waals surface area contributed by atoms with Gasteiger partial charge in [0.25, 0.3) is 7.82 Å². The number of rotatable bonds is 48. The molecule has 1 amide bonds. The lowest BCUT2D eigenvalue weighted by Crippen LogP contribution is -2.67. The zero-order valence-electron chi connectivity index (χ0n) is 46.4. The predicted molar refractivity (Wildman–Crippen MR) is 287 cm³/mol. The van der Waals surface area contributed by atoms with Crippen molar-refractivity contribution in [3.63, 3.8) is 0 Å². The number of carbonyl (C=O) groups excluding carboxylic acids is 1. The standard InChI is InChI=1S/C56H110NO17P/c1-3-5-7-9-11-13-15-17-18-19-20-21-22-23-24-25-26-27-29-31-33-35-37-39-45(60)57-42(46(61)43(59)38-36-34-32-30-28-16-14-12-10-8-6-4-2)41-71-75(69,70)74-55-52(67)50(65)49(64)51(66)54(55)73-56-53(68)48(63)47(62)44(40-58)72-56/h42-44,46-56,58-59,61-68H,3-41H2,1-2H3,(H,57,60)(H,69,70)/p-1/t42-,43?,44+,46-,47+,48-,49+,50+,51-,52+,53-,54+,55+,56?/m0/s1. The summed E-state index contributed by atoms with van der Waals surface area (Å²) >= 11 is 0. The zero-order chi connectivity index (χ0) is 55.3. The van der Waals surface area contributed by atoms with Crippen molar-refractivity contribution in [1.29, 1.82) is 0 Å². The number of amides is 1. The summed E-state index contributed by atoms with van der Waals surface area (Å²) in [6.45, 7) is 2.68. The van der Waals surface area contributed by atoms with Crippen LogP contribution in [0.25, 0.3) is 0 Å². The summed E-state index contributed by atoms with van der Waals surface area (Å²) in [5.74, 6) is -0.499. The maximum Gasteiger partial charge on any atom is 0.268 e. The Kier molecular flexibility index (Phi) is 40.2. The summed E-state index contributed by atoms with van der Waals surface area (Å²) < 4.78 is 34.5. The number of phosphoric acid groups is 1. The third-order valence-corrected chi connectivity index (χ3v) is 16.3. The molecule has 0 spiro atoms. The van der Waals surface area contributed by atoms with E-state index in [0.717, 1.165) is 51.4 Å². The van der Waals surface area contributed by atoms with Crippen LogP contribution in [0.1, 0.15) is 251 Å². The number of hydrogen-bond donors (Lipinski definition) is 11. The van der Waals surface area contributed by atoms with Gasteiger partial charge in [-0.3, -0.25) is 9.36 Å². The average Bonchev–Trinajstić information content (AvgIpc) is 3.39. The van der Waals surface area contributed by atoms with Gasteiger partial charge < -0.3 is 79.8 Å². The summed E-state index contributed by atoms with van der Waals surface area (Å²) in [4.78, 5) is 26.7. The lowest BCUT2D eigenvalue weighted by molar-refractivity contribution is -0.341. The van der Waals surface area contributed by atoms with Gasteiger partial charge in [-0.1, -0.05) is 232 Å². The molecule has 2 fully saturated rings. The minimum absolute atomic E-state index is 0.0755. The molecule has 0 aromatic heterocycles. The number of unbranched alkanes of at least 4 members (excludes halogenated alkanes) is 33. The second-order valence-corrected chi connectivity index (χ2v) is 23.4. The van der Waals surface area contributed by atoms with Crippen LogP contribution in [0, 0.1) is 0 Å². The van der Waals surface area contributed by atoms with E-state index in [1.807, 2.05) is 0 Å². The van der Waals surface area contributed by atoms with Crippen molar-refractivity contribution in [3.05, 3.63) is 0 Å². The van der Waals surface area contributed by atoms with Crippen LogP contribution < -0.4 is 10.2 Å². The van der Waals surface area contributed by atoms with Gasteiger partial charge in [0, 0.05) is 6.42 Å². The Hall–Kier alpha value is -0.900. The molecule has 1 aliphatic heterocycles. The largest absolute Gasteiger partial charge is 0.756 e. The number of nitrogens with one attached hydrogen (secondary N) is 1. The first-order valence-electron chi connectivity index (χ1n) is 30.1. The van der Waals surface area contributed by atoms with Gasteiger partial charge in [0.05, 0.1) is 25.4 Å². The number of phosphoric ester groups is 1. The molecule has 1 saturated carbocycles. The molecule has 0 aromatic carbocycles. The van der Waals surface area contributed by atoms with Crippen LogP contribution in [0.5, 0.6) is 0 Å². The Balaban J connectivity index is 1.86. The van der Waals surface area contributed by atoms with E-state index in [1.54, 1.807) is 0 Å². The zero-order valence-corrected chi connectivity index (χ0v) is 47.3. The second kappa shape index (κ2) is 42.9. The Morgan fingerprint density at radius 2 is 0.880 bits per heavy atom. The van der Waals surface area contributed by atoms with Crippen LogP contribution >= 0.6 is 7.82 Å².